The van der Waals surface area contributed by atoms with Crippen LogP contribution in [0, 0.1) is 4.83 Å². The first-order valence-electron chi connectivity index (χ1n) is 3.52. The number of ether oxygens (including phenoxy) is 1. The molecule has 1 radical (unpaired) electrons. The van der Waals surface area contributed by atoms with E-state index in [1.807, 2.05) is 12.2 Å². The Morgan fingerprint density at radius 2 is 1.85 bits per heavy atom. The Kier molecular flexibility index (Phi) is 2.10. The lowest BCUT2D eigenvalue weighted by Crippen LogP contribution is -1.93. The van der Waals surface area contributed by atoms with Gasteiger partial charge in [-0.05, 0) is 0 Å². The van der Waals surface area contributed by atoms with Crippen LogP contribution in [0.5, 0.6) is 0 Å². The number of amides is 1. The van der Waals surface area contributed by atoms with Crippen molar-refractivity contribution in [2.45, 2.75) is 0 Å². The number of hydrogen-bond donors (Lipinski definition) is 0. The van der Waals surface area contributed by atoms with Crippen LogP contribution >= 0.6 is 15.9 Å². The summed E-state index contributed by atoms with van der Waals surface area (Å²) in [5.41, 5.74) is 0.734. The zero-order valence-electron chi connectivity index (χ0n) is 6.40. The molecule has 0 aromatic carbocycles. The molecular formula is C8H4BrN2O2. The fourth-order valence-electron chi connectivity index (χ4n) is 0.919. The smallest absolute Gasteiger partial charge is 0.386 e. The van der Waals surface area contributed by atoms with Gasteiger partial charge in [0.1, 0.15) is 0 Å². The molecule has 0 spiro atoms. The van der Waals surface area contributed by atoms with Gasteiger partial charge in [-0.3, -0.25) is 0 Å². The molecule has 0 aromatic rings. The van der Waals surface area contributed by atoms with E-state index in [-0.39, 0.29) is 5.88 Å². The standard InChI is InChI=1S/C8H4BrN2O2/c9-6-3-1-5(2-4-6)7-10-11-8(12)13-7/h1-4H. The van der Waals surface area contributed by atoms with Crippen molar-refractivity contribution in [1.82, 2.24) is 0 Å². The summed E-state index contributed by atoms with van der Waals surface area (Å²) in [5, 5.41) is 6.80. The molecule has 0 unspecified atom stereocenters. The third-order valence-electron chi connectivity index (χ3n) is 1.50. The van der Waals surface area contributed by atoms with Gasteiger partial charge in [0.2, 0.25) is 0 Å². The fourth-order valence-corrected chi connectivity index (χ4v) is 1.18. The van der Waals surface area contributed by atoms with E-state index < -0.39 is 6.09 Å². The molecule has 1 amide bonds. The van der Waals surface area contributed by atoms with Crippen LogP contribution in [0.25, 0.3) is 0 Å². The minimum atomic E-state index is -0.669. The van der Waals surface area contributed by atoms with Gasteiger partial charge in [0, 0.05) is 5.57 Å². The van der Waals surface area contributed by atoms with Gasteiger partial charge in [0.25, 0.3) is 5.88 Å². The number of carbonyl (C=O) groups excluding carboxylic acids is 1. The molecule has 1 aliphatic heterocycles. The van der Waals surface area contributed by atoms with Gasteiger partial charge < -0.3 is 4.74 Å². The molecule has 0 saturated carbocycles. The number of azo groups is 1. The van der Waals surface area contributed by atoms with Crippen molar-refractivity contribution in [3.8, 4) is 0 Å². The predicted molar refractivity (Wildman–Crippen MR) is 48.8 cm³/mol. The minimum absolute atomic E-state index is 0.248. The van der Waals surface area contributed by atoms with Crippen LogP contribution in [0.3, 0.4) is 0 Å². The topological polar surface area (TPSA) is 51.0 Å². The van der Waals surface area contributed by atoms with E-state index >= 15 is 0 Å². The van der Waals surface area contributed by atoms with Crippen LogP contribution in [-0.4, -0.2) is 6.09 Å². The Balaban J connectivity index is 2.27. The molecule has 1 aliphatic carbocycles. The van der Waals surface area contributed by atoms with E-state index in [9.17, 15) is 4.79 Å². The lowest BCUT2D eigenvalue weighted by atomic mass is 10.1. The molecule has 0 atom stereocenters. The van der Waals surface area contributed by atoms with E-state index in [0.29, 0.717) is 0 Å². The molecule has 1 heterocycles. The first-order chi connectivity index (χ1) is 6.25. The van der Waals surface area contributed by atoms with E-state index in [2.05, 4.69) is 26.2 Å². The number of halogens is 1. The van der Waals surface area contributed by atoms with Crippen LogP contribution in [0.1, 0.15) is 0 Å². The van der Waals surface area contributed by atoms with Crippen molar-refractivity contribution in [1.29, 1.82) is 0 Å². The summed E-state index contributed by atoms with van der Waals surface area (Å²) in [4.78, 5) is 11.5. The quantitative estimate of drug-likeness (QED) is 0.653. The third-order valence-corrected chi connectivity index (χ3v) is 2.03. The second-order valence-electron chi connectivity index (χ2n) is 2.38. The molecular weight excluding hydrogens is 236 g/mol. The number of allylic oxidation sites excluding steroid dienone is 5. The van der Waals surface area contributed by atoms with Gasteiger partial charge in [-0.1, -0.05) is 45.3 Å². The summed E-state index contributed by atoms with van der Waals surface area (Å²) in [6.45, 7) is 0. The molecule has 0 N–H and O–H groups in total. The van der Waals surface area contributed by atoms with Crippen molar-refractivity contribution < 1.29 is 9.53 Å². The highest BCUT2D eigenvalue weighted by Crippen LogP contribution is 2.25. The molecule has 5 heteroatoms. The maximum atomic E-state index is 10.6. The van der Waals surface area contributed by atoms with Crippen molar-refractivity contribution in [2.75, 3.05) is 0 Å². The Morgan fingerprint density at radius 3 is 2.38 bits per heavy atom. The van der Waals surface area contributed by atoms with Crippen molar-refractivity contribution in [3.05, 3.63) is 40.6 Å². The zero-order valence-corrected chi connectivity index (χ0v) is 7.98. The van der Waals surface area contributed by atoms with Crippen LogP contribution in [0.4, 0.5) is 4.79 Å². The Hall–Kier alpha value is -1.23. The maximum Gasteiger partial charge on any atom is 0.459 e. The minimum Gasteiger partial charge on any atom is -0.386 e. The maximum absolute atomic E-state index is 10.6. The number of cyclic esters (lactones) is 1. The van der Waals surface area contributed by atoms with Gasteiger partial charge in [0.05, 0.1) is 4.83 Å². The average Bonchev–Trinajstić information content (AvgIpc) is 2.53. The predicted octanol–water partition coefficient (Wildman–Crippen LogP) is 2.85. The number of hydrogen-bond acceptors (Lipinski definition) is 3. The summed E-state index contributed by atoms with van der Waals surface area (Å²) in [6, 6.07) is 0. The molecule has 0 aromatic heterocycles. The van der Waals surface area contributed by atoms with Gasteiger partial charge in [-0.15, -0.1) is 5.11 Å². The highest BCUT2D eigenvalue weighted by atomic mass is 79.9. The first-order valence-corrected chi connectivity index (χ1v) is 4.31. The summed E-state index contributed by atoms with van der Waals surface area (Å²) in [5.74, 6) is 0.248. The Labute approximate surface area is 82.8 Å². The van der Waals surface area contributed by atoms with Gasteiger partial charge in [-0.25, -0.2) is 4.79 Å². The first kappa shape index (κ1) is 8.37. The highest BCUT2D eigenvalue weighted by molar-refractivity contribution is 9.11. The molecule has 0 saturated heterocycles. The molecule has 2 rings (SSSR count). The van der Waals surface area contributed by atoms with Crippen LogP contribution in [-0.2, 0) is 4.74 Å². The second-order valence-corrected chi connectivity index (χ2v) is 3.30. The van der Waals surface area contributed by atoms with Crippen molar-refractivity contribution in [2.24, 2.45) is 10.2 Å². The summed E-state index contributed by atoms with van der Waals surface area (Å²) < 4.78 is 4.72. The largest absolute Gasteiger partial charge is 0.459 e. The summed E-state index contributed by atoms with van der Waals surface area (Å²) >= 11 is 3.29. The summed E-state index contributed by atoms with van der Waals surface area (Å²) in [7, 11) is 0. The van der Waals surface area contributed by atoms with Crippen LogP contribution in [0.2, 0.25) is 0 Å². The normalized spacial score (nSPS) is 21.5. The lowest BCUT2D eigenvalue weighted by Gasteiger charge is -2.03. The van der Waals surface area contributed by atoms with Crippen molar-refractivity contribution >= 4 is 22.0 Å². The highest BCUT2D eigenvalue weighted by Gasteiger charge is 2.17. The van der Waals surface area contributed by atoms with Gasteiger partial charge in [-0.2, -0.15) is 0 Å². The van der Waals surface area contributed by atoms with Gasteiger partial charge in [0.15, 0.2) is 0 Å². The lowest BCUT2D eigenvalue weighted by molar-refractivity contribution is 0.196. The Bertz CT molecular complexity index is 352. The second kappa shape index (κ2) is 3.26. The number of rotatable bonds is 0. The van der Waals surface area contributed by atoms with E-state index in [4.69, 9.17) is 4.74 Å². The monoisotopic (exact) mass is 239 g/mol. The molecule has 13 heavy (non-hydrogen) atoms. The molecule has 0 bridgehead atoms. The number of carbonyl (C=O) groups is 1. The van der Waals surface area contributed by atoms with Crippen LogP contribution < -0.4 is 0 Å². The summed E-state index contributed by atoms with van der Waals surface area (Å²) in [6.07, 6.45) is 6.58. The van der Waals surface area contributed by atoms with E-state index in [1.165, 1.54) is 0 Å². The van der Waals surface area contributed by atoms with Crippen molar-refractivity contribution in [3.63, 3.8) is 0 Å². The third kappa shape index (κ3) is 1.75. The average molecular weight is 240 g/mol. The molecule has 0 fully saturated rings. The molecule has 4 nitrogen and oxygen atoms in total. The Morgan fingerprint density at radius 1 is 1.15 bits per heavy atom. The molecule has 2 aliphatic rings. The van der Waals surface area contributed by atoms with E-state index in [1.54, 1.807) is 12.2 Å². The SMILES string of the molecule is O=C1N=NC(=C2C=C[C](Br)C=C2)O1. The zero-order chi connectivity index (χ0) is 9.26. The van der Waals surface area contributed by atoms with E-state index in [0.717, 1.165) is 10.4 Å². The van der Waals surface area contributed by atoms with Gasteiger partial charge >= 0.3 is 6.09 Å². The van der Waals surface area contributed by atoms with Crippen LogP contribution in [0.15, 0.2) is 46.0 Å². The molecule has 65 valence electrons. The fraction of sp³-hybridized carbons (Fsp3) is 0. The number of nitrogens with zero attached hydrogens (tertiary/aromatic N) is 2.